The zero-order valence-electron chi connectivity index (χ0n) is 8.42. The molecule has 1 N–H and O–H groups in total. The summed E-state index contributed by atoms with van der Waals surface area (Å²) in [6.07, 6.45) is 0.619. The molecule has 0 saturated heterocycles. The molecular weight excluding hydrogens is 187 g/mol. The molecule has 80 valence electrons. The van der Waals surface area contributed by atoms with E-state index in [0.29, 0.717) is 12.0 Å². The lowest BCUT2D eigenvalue weighted by atomic mass is 9.91. The van der Waals surface area contributed by atoms with E-state index in [9.17, 15) is 14.3 Å². The lowest BCUT2D eigenvalue weighted by Crippen LogP contribution is -2.44. The SMILES string of the molecule is CCOC(=O)C(F)C1(O)CCC=C1C. The fourth-order valence-electron chi connectivity index (χ4n) is 1.62. The third-order valence-corrected chi connectivity index (χ3v) is 2.57. The lowest BCUT2D eigenvalue weighted by molar-refractivity contribution is -0.157. The number of rotatable bonds is 3. The quantitative estimate of drug-likeness (QED) is 0.555. The molecule has 0 aromatic rings. The van der Waals surface area contributed by atoms with E-state index in [4.69, 9.17) is 0 Å². The first-order valence-electron chi connectivity index (χ1n) is 4.72. The van der Waals surface area contributed by atoms with E-state index >= 15 is 0 Å². The number of allylic oxidation sites excluding steroid dienone is 1. The zero-order valence-corrected chi connectivity index (χ0v) is 8.42. The van der Waals surface area contributed by atoms with Gasteiger partial charge in [-0.2, -0.15) is 0 Å². The van der Waals surface area contributed by atoms with Gasteiger partial charge in [0.2, 0.25) is 6.17 Å². The van der Waals surface area contributed by atoms with E-state index in [1.54, 1.807) is 19.9 Å². The summed E-state index contributed by atoms with van der Waals surface area (Å²) in [7, 11) is 0. The highest BCUT2D eigenvalue weighted by atomic mass is 19.1. The summed E-state index contributed by atoms with van der Waals surface area (Å²) in [5, 5.41) is 9.88. The van der Waals surface area contributed by atoms with Crippen LogP contribution in [0, 0.1) is 0 Å². The smallest absolute Gasteiger partial charge is 0.344 e. The fraction of sp³-hybridized carbons (Fsp3) is 0.700. The van der Waals surface area contributed by atoms with Gasteiger partial charge in [-0.3, -0.25) is 0 Å². The van der Waals surface area contributed by atoms with Gasteiger partial charge in [-0.15, -0.1) is 0 Å². The number of ether oxygens (including phenoxy) is 1. The second kappa shape index (κ2) is 4.09. The molecular formula is C10H15FO3. The van der Waals surface area contributed by atoms with Crippen LogP contribution in [-0.4, -0.2) is 29.5 Å². The van der Waals surface area contributed by atoms with Crippen LogP contribution in [0.1, 0.15) is 26.7 Å². The van der Waals surface area contributed by atoms with Crippen LogP contribution >= 0.6 is 0 Å². The van der Waals surface area contributed by atoms with Crippen molar-refractivity contribution in [3.05, 3.63) is 11.6 Å². The van der Waals surface area contributed by atoms with Crippen molar-refractivity contribution in [2.45, 2.75) is 38.5 Å². The summed E-state index contributed by atoms with van der Waals surface area (Å²) in [4.78, 5) is 11.1. The molecule has 0 radical (unpaired) electrons. The highest BCUT2D eigenvalue weighted by Gasteiger charge is 2.46. The second-order valence-corrected chi connectivity index (χ2v) is 3.46. The Labute approximate surface area is 82.6 Å². The Bertz CT molecular complexity index is 262. The fourth-order valence-corrected chi connectivity index (χ4v) is 1.62. The molecule has 0 saturated carbocycles. The zero-order chi connectivity index (χ0) is 10.8. The molecule has 2 unspecified atom stereocenters. The first-order valence-corrected chi connectivity index (χ1v) is 4.72. The van der Waals surface area contributed by atoms with Crippen LogP contribution in [0.25, 0.3) is 0 Å². The molecule has 0 aromatic carbocycles. The number of alkyl halides is 1. The van der Waals surface area contributed by atoms with Crippen LogP contribution in [0.2, 0.25) is 0 Å². The molecule has 0 aliphatic heterocycles. The maximum absolute atomic E-state index is 13.6. The first-order chi connectivity index (χ1) is 6.52. The van der Waals surface area contributed by atoms with E-state index in [1.165, 1.54) is 0 Å². The standard InChI is InChI=1S/C10H15FO3/c1-3-14-9(12)8(11)10(13)6-4-5-7(10)2/h5,8,13H,3-4,6H2,1-2H3. The summed E-state index contributed by atoms with van der Waals surface area (Å²) in [6.45, 7) is 3.35. The Morgan fingerprint density at radius 1 is 1.86 bits per heavy atom. The molecule has 2 atom stereocenters. The van der Waals surface area contributed by atoms with Gasteiger partial charge in [0, 0.05) is 0 Å². The average Bonchev–Trinajstić information content (AvgIpc) is 2.47. The Balaban J connectivity index is 2.73. The molecule has 0 aromatic heterocycles. The van der Waals surface area contributed by atoms with Crippen molar-refractivity contribution in [3.63, 3.8) is 0 Å². The lowest BCUT2D eigenvalue weighted by Gasteiger charge is -2.27. The molecule has 0 fully saturated rings. The summed E-state index contributed by atoms with van der Waals surface area (Å²) >= 11 is 0. The van der Waals surface area contributed by atoms with Gasteiger partial charge >= 0.3 is 5.97 Å². The number of hydrogen-bond acceptors (Lipinski definition) is 3. The predicted molar refractivity (Wildman–Crippen MR) is 49.5 cm³/mol. The van der Waals surface area contributed by atoms with Gasteiger partial charge in [-0.1, -0.05) is 6.08 Å². The summed E-state index contributed by atoms with van der Waals surface area (Å²) in [6, 6.07) is 0. The third kappa shape index (κ3) is 1.80. The molecule has 0 amide bonds. The van der Waals surface area contributed by atoms with Crippen LogP contribution in [0.5, 0.6) is 0 Å². The van der Waals surface area contributed by atoms with Gasteiger partial charge in [0.15, 0.2) is 0 Å². The topological polar surface area (TPSA) is 46.5 Å². The monoisotopic (exact) mass is 202 g/mol. The Kier molecular flexibility index (Phi) is 3.26. The largest absolute Gasteiger partial charge is 0.464 e. The molecule has 14 heavy (non-hydrogen) atoms. The molecule has 1 rings (SSSR count). The highest BCUT2D eigenvalue weighted by molar-refractivity contribution is 5.77. The van der Waals surface area contributed by atoms with Crippen LogP contribution < -0.4 is 0 Å². The molecule has 0 bridgehead atoms. The molecule has 0 spiro atoms. The van der Waals surface area contributed by atoms with Crippen LogP contribution in [-0.2, 0) is 9.53 Å². The van der Waals surface area contributed by atoms with Crippen LogP contribution in [0.15, 0.2) is 11.6 Å². The van der Waals surface area contributed by atoms with E-state index < -0.39 is 17.7 Å². The summed E-state index contributed by atoms with van der Waals surface area (Å²) in [5.41, 5.74) is -1.13. The van der Waals surface area contributed by atoms with Crippen molar-refractivity contribution in [1.82, 2.24) is 0 Å². The van der Waals surface area contributed by atoms with Crippen molar-refractivity contribution < 1.29 is 19.0 Å². The normalized spacial score (nSPS) is 28.4. The Morgan fingerprint density at radius 2 is 2.50 bits per heavy atom. The van der Waals surface area contributed by atoms with Crippen molar-refractivity contribution in [2.24, 2.45) is 0 Å². The van der Waals surface area contributed by atoms with E-state index in [2.05, 4.69) is 4.74 Å². The second-order valence-electron chi connectivity index (χ2n) is 3.46. The average molecular weight is 202 g/mol. The maximum Gasteiger partial charge on any atom is 0.344 e. The molecule has 0 heterocycles. The number of hydrogen-bond donors (Lipinski definition) is 1. The van der Waals surface area contributed by atoms with Crippen LogP contribution in [0.4, 0.5) is 4.39 Å². The minimum Gasteiger partial charge on any atom is -0.464 e. The third-order valence-electron chi connectivity index (χ3n) is 2.57. The van der Waals surface area contributed by atoms with E-state index in [1.807, 2.05) is 0 Å². The predicted octanol–water partition coefficient (Wildman–Crippen LogP) is 1.36. The Hall–Kier alpha value is -0.900. The van der Waals surface area contributed by atoms with Gasteiger partial charge in [0.1, 0.15) is 5.60 Å². The van der Waals surface area contributed by atoms with E-state index in [-0.39, 0.29) is 13.0 Å². The van der Waals surface area contributed by atoms with Gasteiger partial charge in [0.25, 0.3) is 0 Å². The maximum atomic E-state index is 13.6. The highest BCUT2D eigenvalue weighted by Crippen LogP contribution is 2.35. The molecule has 1 aliphatic carbocycles. The van der Waals surface area contributed by atoms with Gasteiger partial charge in [-0.25, -0.2) is 9.18 Å². The van der Waals surface area contributed by atoms with Crippen LogP contribution in [0.3, 0.4) is 0 Å². The Morgan fingerprint density at radius 3 is 2.93 bits per heavy atom. The van der Waals surface area contributed by atoms with Crippen molar-refractivity contribution in [2.75, 3.05) is 6.61 Å². The van der Waals surface area contributed by atoms with E-state index in [0.717, 1.165) is 0 Å². The number of esters is 1. The minimum absolute atomic E-state index is 0.123. The number of carbonyl (C=O) groups is 1. The van der Waals surface area contributed by atoms with Gasteiger partial charge < -0.3 is 9.84 Å². The number of carbonyl (C=O) groups excluding carboxylic acids is 1. The number of aliphatic hydroxyl groups is 1. The molecule has 4 heteroatoms. The number of halogens is 1. The van der Waals surface area contributed by atoms with Crippen molar-refractivity contribution >= 4 is 5.97 Å². The minimum atomic E-state index is -1.97. The summed E-state index contributed by atoms with van der Waals surface area (Å²) < 4.78 is 18.1. The molecule has 3 nitrogen and oxygen atoms in total. The summed E-state index contributed by atoms with van der Waals surface area (Å²) in [5.74, 6) is -0.982. The first kappa shape index (κ1) is 11.2. The molecule has 1 aliphatic rings. The van der Waals surface area contributed by atoms with Crippen molar-refractivity contribution in [3.8, 4) is 0 Å². The van der Waals surface area contributed by atoms with Gasteiger partial charge in [0.05, 0.1) is 6.61 Å². The van der Waals surface area contributed by atoms with Crippen molar-refractivity contribution in [1.29, 1.82) is 0 Å². The van der Waals surface area contributed by atoms with Gasteiger partial charge in [-0.05, 0) is 32.3 Å².